The summed E-state index contributed by atoms with van der Waals surface area (Å²) in [5.41, 5.74) is 0. The third-order valence-corrected chi connectivity index (χ3v) is 3.95. The van der Waals surface area contributed by atoms with Crippen molar-refractivity contribution in [3.05, 3.63) is 0 Å². The van der Waals surface area contributed by atoms with Gasteiger partial charge in [0.2, 0.25) is 0 Å². The zero-order valence-electron chi connectivity index (χ0n) is 9.90. The van der Waals surface area contributed by atoms with E-state index in [1.807, 2.05) is 0 Å². The molecule has 12 heavy (non-hydrogen) atoms. The molecule has 72 valence electrons. The minimum absolute atomic E-state index is 0.255. The van der Waals surface area contributed by atoms with Crippen LogP contribution in [-0.2, 0) is 0 Å². The fraction of sp³-hybridized carbons (Fsp3) is 1.00. The standard InChI is InChI=1S/C10H18Cl2/c1-6(2)8-5-4-7(3)9(11)10(8)12/h6-10H,4-5H2,1-3H3/i7D,9D. The Morgan fingerprint density at radius 3 is 2.42 bits per heavy atom. The van der Waals surface area contributed by atoms with E-state index in [2.05, 4.69) is 13.8 Å². The number of hydrogen-bond donors (Lipinski definition) is 0. The number of halogens is 2. The smallest absolute Gasteiger partial charge is 0.0532 e. The van der Waals surface area contributed by atoms with Crippen LogP contribution < -0.4 is 0 Å². The van der Waals surface area contributed by atoms with Gasteiger partial charge in [-0.1, -0.05) is 20.8 Å². The third kappa shape index (κ3) is 2.09. The van der Waals surface area contributed by atoms with Crippen LogP contribution in [0.2, 0.25) is 0 Å². The Labute approximate surface area is 88.4 Å². The zero-order chi connectivity index (χ0) is 11.1. The van der Waals surface area contributed by atoms with Gasteiger partial charge in [-0.15, -0.1) is 23.2 Å². The Morgan fingerprint density at radius 1 is 1.33 bits per heavy atom. The fourth-order valence-electron chi connectivity index (χ4n) is 1.74. The van der Waals surface area contributed by atoms with Crippen LogP contribution in [0.1, 0.15) is 36.4 Å². The second-order valence-corrected chi connectivity index (χ2v) is 4.85. The zero-order valence-corrected chi connectivity index (χ0v) is 9.41. The number of alkyl halides is 2. The Bertz CT molecular complexity index is 214. The van der Waals surface area contributed by atoms with Gasteiger partial charge in [0.05, 0.1) is 10.7 Å². The minimum atomic E-state index is -1.36. The van der Waals surface area contributed by atoms with Gasteiger partial charge in [0.1, 0.15) is 0 Å². The molecule has 0 spiro atoms. The van der Waals surface area contributed by atoms with Crippen molar-refractivity contribution in [2.75, 3.05) is 0 Å². The van der Waals surface area contributed by atoms with Crippen molar-refractivity contribution in [1.82, 2.24) is 0 Å². The van der Waals surface area contributed by atoms with E-state index in [-0.39, 0.29) is 5.92 Å². The van der Waals surface area contributed by atoms with Gasteiger partial charge in [-0.2, -0.15) is 0 Å². The van der Waals surface area contributed by atoms with Crippen LogP contribution >= 0.6 is 23.2 Å². The second kappa shape index (κ2) is 4.19. The lowest BCUT2D eigenvalue weighted by Crippen LogP contribution is -2.37. The van der Waals surface area contributed by atoms with Crippen LogP contribution in [0, 0.1) is 17.7 Å². The quantitative estimate of drug-likeness (QED) is 0.577. The highest BCUT2D eigenvalue weighted by Gasteiger charge is 2.36. The lowest BCUT2D eigenvalue weighted by Gasteiger charge is -2.37. The summed E-state index contributed by atoms with van der Waals surface area (Å²) in [6, 6.07) is 0. The van der Waals surface area contributed by atoms with Crippen molar-refractivity contribution < 1.29 is 2.74 Å². The van der Waals surface area contributed by atoms with Gasteiger partial charge in [0.15, 0.2) is 0 Å². The topological polar surface area (TPSA) is 0 Å². The van der Waals surface area contributed by atoms with Gasteiger partial charge < -0.3 is 0 Å². The highest BCUT2D eigenvalue weighted by molar-refractivity contribution is 6.30. The van der Waals surface area contributed by atoms with E-state index in [4.69, 9.17) is 25.9 Å². The molecule has 0 aromatic carbocycles. The normalized spacial score (nSPS) is 58.2. The molecule has 2 heteroatoms. The molecule has 1 aliphatic rings. The fourth-order valence-corrected chi connectivity index (χ4v) is 2.60. The van der Waals surface area contributed by atoms with E-state index >= 15 is 0 Å². The summed E-state index contributed by atoms with van der Waals surface area (Å²) >= 11 is 12.3. The lowest BCUT2D eigenvalue weighted by molar-refractivity contribution is 0.245. The first-order chi connectivity index (χ1) is 6.20. The molecule has 1 fully saturated rings. The molecule has 4 atom stereocenters. The van der Waals surface area contributed by atoms with Crippen molar-refractivity contribution in [3.63, 3.8) is 0 Å². The van der Waals surface area contributed by atoms with E-state index in [0.29, 0.717) is 12.3 Å². The molecule has 0 bridgehead atoms. The largest absolute Gasteiger partial charge is 0.121 e. The van der Waals surface area contributed by atoms with E-state index in [0.717, 1.165) is 6.42 Å². The summed E-state index contributed by atoms with van der Waals surface area (Å²) in [5, 5.41) is -1.79. The predicted molar refractivity (Wildman–Crippen MR) is 56.0 cm³/mol. The summed E-state index contributed by atoms with van der Waals surface area (Å²) in [5.74, 6) is -0.256. The average molecular weight is 211 g/mol. The van der Waals surface area contributed by atoms with Crippen molar-refractivity contribution >= 4 is 23.2 Å². The van der Waals surface area contributed by atoms with Crippen molar-refractivity contribution in [1.29, 1.82) is 0 Å². The first kappa shape index (κ1) is 7.94. The second-order valence-electron chi connectivity index (χ2n) is 3.98. The summed E-state index contributed by atoms with van der Waals surface area (Å²) in [7, 11) is 0. The molecule has 0 radical (unpaired) electrons. The molecule has 0 aromatic heterocycles. The molecular weight excluding hydrogens is 191 g/mol. The number of hydrogen-bond acceptors (Lipinski definition) is 0. The first-order valence-corrected chi connectivity index (χ1v) is 5.34. The van der Waals surface area contributed by atoms with E-state index in [1.165, 1.54) is 0 Å². The van der Waals surface area contributed by atoms with Crippen LogP contribution in [0.4, 0.5) is 0 Å². The third-order valence-electron chi connectivity index (χ3n) is 2.73. The predicted octanol–water partition coefficient (Wildman–Crippen LogP) is 3.90. The van der Waals surface area contributed by atoms with Gasteiger partial charge in [-0.05, 0) is 30.6 Å². The molecule has 0 aromatic rings. The molecule has 0 aliphatic heterocycles. The van der Waals surface area contributed by atoms with E-state index in [9.17, 15) is 0 Å². The van der Waals surface area contributed by atoms with Gasteiger partial charge in [0.25, 0.3) is 0 Å². The molecule has 0 N–H and O–H groups in total. The van der Waals surface area contributed by atoms with Crippen LogP contribution in [0.15, 0.2) is 0 Å². The molecule has 4 unspecified atom stereocenters. The first-order valence-electron chi connectivity index (χ1n) is 5.53. The highest BCUT2D eigenvalue weighted by Crippen LogP contribution is 2.39. The monoisotopic (exact) mass is 210 g/mol. The molecule has 1 aliphatic carbocycles. The average Bonchev–Trinajstić information content (AvgIpc) is 2.00. The van der Waals surface area contributed by atoms with Crippen LogP contribution in [0.5, 0.6) is 0 Å². The SMILES string of the molecule is [2H]C1(C)CCC(C(C)C)C(Cl)C1([2H])Cl. The maximum Gasteiger partial charge on any atom is 0.0532 e. The van der Waals surface area contributed by atoms with Crippen LogP contribution in [-0.4, -0.2) is 10.7 Å². The minimum Gasteiger partial charge on any atom is -0.121 e. The molecule has 0 saturated heterocycles. The summed E-state index contributed by atoms with van der Waals surface area (Å²) in [6.07, 6.45) is 1.56. The molecule has 0 amide bonds. The molecular formula is C10H18Cl2. The van der Waals surface area contributed by atoms with Crippen molar-refractivity contribution in [2.24, 2.45) is 17.7 Å². The Hall–Kier alpha value is 0.580. The molecule has 0 heterocycles. The van der Waals surface area contributed by atoms with Gasteiger partial charge in [-0.25, -0.2) is 0 Å². The van der Waals surface area contributed by atoms with Crippen LogP contribution in [0.3, 0.4) is 0 Å². The summed E-state index contributed by atoms with van der Waals surface area (Å²) in [6.45, 7) is 5.90. The van der Waals surface area contributed by atoms with Crippen molar-refractivity contribution in [3.8, 4) is 0 Å². The van der Waals surface area contributed by atoms with E-state index in [1.54, 1.807) is 6.92 Å². The van der Waals surface area contributed by atoms with Crippen LogP contribution in [0.25, 0.3) is 0 Å². The van der Waals surface area contributed by atoms with Gasteiger partial charge in [0, 0.05) is 2.74 Å². The number of rotatable bonds is 1. The molecule has 1 saturated carbocycles. The molecule has 0 nitrogen and oxygen atoms in total. The highest BCUT2D eigenvalue weighted by atomic mass is 35.5. The Balaban J connectivity index is 2.89. The van der Waals surface area contributed by atoms with E-state index < -0.39 is 16.6 Å². The Morgan fingerprint density at radius 2 is 1.92 bits per heavy atom. The van der Waals surface area contributed by atoms with Gasteiger partial charge in [-0.3, -0.25) is 0 Å². The lowest BCUT2D eigenvalue weighted by atomic mass is 9.77. The van der Waals surface area contributed by atoms with Crippen molar-refractivity contribution in [2.45, 2.75) is 44.3 Å². The Kier molecular flexibility index (Phi) is 2.77. The summed E-state index contributed by atoms with van der Waals surface area (Å²) < 4.78 is 16.0. The van der Waals surface area contributed by atoms with Gasteiger partial charge >= 0.3 is 0 Å². The maximum atomic E-state index is 8.00. The maximum absolute atomic E-state index is 8.00. The molecule has 1 rings (SSSR count). The summed E-state index contributed by atoms with van der Waals surface area (Å²) in [4.78, 5) is 0.